The molecule has 10 heteroatoms. The molecule has 0 amide bonds. The van der Waals surface area contributed by atoms with E-state index in [1.54, 1.807) is 45.2 Å². The number of ether oxygens (including phenoxy) is 1. The maximum absolute atomic E-state index is 12.6. The molecule has 0 aliphatic carbocycles. The van der Waals surface area contributed by atoms with E-state index >= 15 is 0 Å². The fourth-order valence-corrected chi connectivity index (χ4v) is 4.10. The Bertz CT molecular complexity index is 1110. The first kappa shape index (κ1) is 21.3. The number of halogens is 1. The topological polar surface area (TPSA) is 115 Å². The quantitative estimate of drug-likeness (QED) is 0.583. The van der Waals surface area contributed by atoms with Gasteiger partial charge in [0.25, 0.3) is 0 Å². The van der Waals surface area contributed by atoms with Gasteiger partial charge in [0.15, 0.2) is 0 Å². The highest BCUT2D eigenvalue weighted by Crippen LogP contribution is 2.32. The minimum Gasteiger partial charge on any atom is -0.497 e. The molecule has 1 heterocycles. The number of methoxy groups -OCH3 is 1. The molecule has 0 unspecified atom stereocenters. The van der Waals surface area contributed by atoms with Crippen LogP contribution in [0.25, 0.3) is 22.9 Å². The van der Waals surface area contributed by atoms with Crippen LogP contribution >= 0.6 is 11.6 Å². The second-order valence-electron chi connectivity index (χ2n) is 6.93. The number of nitrogens with one attached hydrogen (secondary N) is 1. The van der Waals surface area contributed by atoms with E-state index in [2.05, 4.69) is 14.9 Å². The van der Waals surface area contributed by atoms with E-state index in [1.165, 1.54) is 18.2 Å². The van der Waals surface area contributed by atoms with Crippen LogP contribution in [-0.2, 0) is 10.0 Å². The molecule has 154 valence electrons. The molecule has 8 nitrogen and oxygen atoms in total. The molecule has 0 fully saturated rings. The Morgan fingerprint density at radius 1 is 1.14 bits per heavy atom. The molecule has 0 aliphatic heterocycles. The molecule has 1 aromatic heterocycles. The first-order valence-electron chi connectivity index (χ1n) is 8.58. The summed E-state index contributed by atoms with van der Waals surface area (Å²) >= 11 is 6.24. The second-order valence-corrected chi connectivity index (χ2v) is 9.02. The third-order valence-electron chi connectivity index (χ3n) is 4.05. The van der Waals surface area contributed by atoms with Crippen LogP contribution in [0.15, 0.2) is 51.8 Å². The standard InChI is InChI=1S/C19H20ClN3O5S/c1-19(2,11-24)23-29(25,26)14-8-9-16(20)15(10-14)18-22-21-17(28-18)12-4-6-13(27-3)7-5-12/h4-10,23-24H,11H2,1-3H3. The Morgan fingerprint density at radius 3 is 2.41 bits per heavy atom. The lowest BCUT2D eigenvalue weighted by Crippen LogP contribution is -2.46. The lowest BCUT2D eigenvalue weighted by Gasteiger charge is -2.23. The predicted octanol–water partition coefficient (Wildman–Crippen LogP) is 3.11. The lowest BCUT2D eigenvalue weighted by atomic mass is 10.1. The fourth-order valence-electron chi connectivity index (χ4n) is 2.47. The van der Waals surface area contributed by atoms with Gasteiger partial charge in [0.1, 0.15) is 5.75 Å². The van der Waals surface area contributed by atoms with E-state index in [1.807, 2.05) is 0 Å². The van der Waals surface area contributed by atoms with Crippen molar-refractivity contribution in [3.63, 3.8) is 0 Å². The monoisotopic (exact) mass is 437 g/mol. The van der Waals surface area contributed by atoms with Gasteiger partial charge in [-0.2, -0.15) is 0 Å². The van der Waals surface area contributed by atoms with Gasteiger partial charge < -0.3 is 14.3 Å². The van der Waals surface area contributed by atoms with Crippen molar-refractivity contribution in [3.8, 4) is 28.7 Å². The maximum atomic E-state index is 12.6. The highest BCUT2D eigenvalue weighted by molar-refractivity contribution is 7.89. The summed E-state index contributed by atoms with van der Waals surface area (Å²) in [4.78, 5) is -0.0392. The van der Waals surface area contributed by atoms with Crippen LogP contribution in [0.4, 0.5) is 0 Å². The highest BCUT2D eigenvalue weighted by Gasteiger charge is 2.26. The van der Waals surface area contributed by atoms with Crippen LogP contribution in [0.3, 0.4) is 0 Å². The number of rotatable bonds is 7. The molecule has 0 radical (unpaired) electrons. The summed E-state index contributed by atoms with van der Waals surface area (Å²) in [5.74, 6) is 1.03. The number of sulfonamides is 1. The Labute approximate surface area is 173 Å². The van der Waals surface area contributed by atoms with Crippen molar-refractivity contribution < 1.29 is 22.7 Å². The van der Waals surface area contributed by atoms with Crippen molar-refractivity contribution in [2.75, 3.05) is 13.7 Å². The van der Waals surface area contributed by atoms with Gasteiger partial charge in [-0.3, -0.25) is 0 Å². The zero-order valence-corrected chi connectivity index (χ0v) is 17.6. The molecule has 3 rings (SSSR count). The summed E-state index contributed by atoms with van der Waals surface area (Å²) in [6, 6.07) is 11.2. The van der Waals surface area contributed by atoms with Crippen molar-refractivity contribution >= 4 is 21.6 Å². The molecule has 0 spiro atoms. The molecular weight excluding hydrogens is 418 g/mol. The van der Waals surface area contributed by atoms with Crippen LogP contribution in [0.2, 0.25) is 5.02 Å². The van der Waals surface area contributed by atoms with Gasteiger partial charge in [-0.15, -0.1) is 10.2 Å². The highest BCUT2D eigenvalue weighted by atomic mass is 35.5. The number of aromatic nitrogens is 2. The van der Waals surface area contributed by atoms with Gasteiger partial charge in [-0.25, -0.2) is 13.1 Å². The minimum absolute atomic E-state index is 0.0392. The van der Waals surface area contributed by atoms with Crippen LogP contribution in [0, 0.1) is 0 Å². The van der Waals surface area contributed by atoms with Crippen LogP contribution < -0.4 is 9.46 Å². The molecule has 2 aromatic carbocycles. The number of hydrogen-bond donors (Lipinski definition) is 2. The summed E-state index contributed by atoms with van der Waals surface area (Å²) in [7, 11) is -2.33. The van der Waals surface area contributed by atoms with E-state index in [0.717, 1.165) is 0 Å². The average molecular weight is 438 g/mol. The van der Waals surface area contributed by atoms with Crippen LogP contribution in [0.5, 0.6) is 5.75 Å². The summed E-state index contributed by atoms with van der Waals surface area (Å²) in [6.45, 7) is 2.78. The van der Waals surface area contributed by atoms with Gasteiger partial charge in [0.2, 0.25) is 21.8 Å². The van der Waals surface area contributed by atoms with E-state index in [4.69, 9.17) is 20.8 Å². The molecule has 3 aromatic rings. The van der Waals surface area contributed by atoms with Crippen molar-refractivity contribution in [2.45, 2.75) is 24.3 Å². The average Bonchev–Trinajstić information content (AvgIpc) is 3.17. The minimum atomic E-state index is -3.90. The fraction of sp³-hybridized carbons (Fsp3) is 0.263. The molecule has 0 saturated carbocycles. The van der Waals surface area contributed by atoms with Crippen LogP contribution in [-0.4, -0.2) is 43.0 Å². The molecular formula is C19H20ClN3O5S. The van der Waals surface area contributed by atoms with Crippen molar-refractivity contribution in [3.05, 3.63) is 47.5 Å². The smallest absolute Gasteiger partial charge is 0.249 e. The zero-order valence-electron chi connectivity index (χ0n) is 16.0. The van der Waals surface area contributed by atoms with Gasteiger partial charge in [-0.05, 0) is 56.3 Å². The summed E-state index contributed by atoms with van der Waals surface area (Å²) in [5.41, 5.74) is -0.0654. The van der Waals surface area contributed by atoms with Crippen molar-refractivity contribution in [2.24, 2.45) is 0 Å². The Balaban J connectivity index is 1.96. The SMILES string of the molecule is COc1ccc(-c2nnc(-c3cc(S(=O)(=O)NC(C)(C)CO)ccc3Cl)o2)cc1. The second kappa shape index (κ2) is 8.11. The third-order valence-corrected chi connectivity index (χ3v) is 6.07. The van der Waals surface area contributed by atoms with Crippen molar-refractivity contribution in [1.82, 2.24) is 14.9 Å². The van der Waals surface area contributed by atoms with Gasteiger partial charge in [0, 0.05) is 5.56 Å². The first-order valence-corrected chi connectivity index (χ1v) is 10.4. The molecule has 0 aliphatic rings. The van der Waals surface area contributed by atoms with Gasteiger partial charge in [-0.1, -0.05) is 11.6 Å². The van der Waals surface area contributed by atoms with E-state index < -0.39 is 15.6 Å². The number of aliphatic hydroxyl groups is 1. The van der Waals surface area contributed by atoms with E-state index in [0.29, 0.717) is 11.3 Å². The summed E-state index contributed by atoms with van der Waals surface area (Å²) in [6.07, 6.45) is 0. The number of hydrogen-bond acceptors (Lipinski definition) is 7. The van der Waals surface area contributed by atoms with E-state index in [-0.39, 0.29) is 33.9 Å². The zero-order chi connectivity index (χ0) is 21.2. The largest absolute Gasteiger partial charge is 0.497 e. The maximum Gasteiger partial charge on any atom is 0.249 e. The number of nitrogens with zero attached hydrogens (tertiary/aromatic N) is 2. The summed E-state index contributed by atoms with van der Waals surface area (Å²) < 4.78 is 38.5. The van der Waals surface area contributed by atoms with Gasteiger partial charge >= 0.3 is 0 Å². The summed E-state index contributed by atoms with van der Waals surface area (Å²) in [5, 5.41) is 17.6. The predicted molar refractivity (Wildman–Crippen MR) is 108 cm³/mol. The van der Waals surface area contributed by atoms with E-state index in [9.17, 15) is 13.5 Å². The molecule has 0 bridgehead atoms. The Kier molecular flexibility index (Phi) is 5.95. The Hall–Kier alpha value is -2.46. The number of aliphatic hydroxyl groups excluding tert-OH is 1. The molecule has 29 heavy (non-hydrogen) atoms. The first-order chi connectivity index (χ1) is 13.6. The Morgan fingerprint density at radius 2 is 1.79 bits per heavy atom. The van der Waals surface area contributed by atoms with Crippen molar-refractivity contribution in [1.29, 1.82) is 0 Å². The van der Waals surface area contributed by atoms with Gasteiger partial charge in [0.05, 0.1) is 34.7 Å². The van der Waals surface area contributed by atoms with Crippen LogP contribution in [0.1, 0.15) is 13.8 Å². The third kappa shape index (κ3) is 4.76. The molecule has 2 N–H and O–H groups in total. The molecule has 0 atom stereocenters. The normalized spacial score (nSPS) is 12.2. The number of benzene rings is 2. The molecule has 0 saturated heterocycles. The lowest BCUT2D eigenvalue weighted by molar-refractivity contribution is 0.208.